The third kappa shape index (κ3) is 2.28. The van der Waals surface area contributed by atoms with Crippen molar-refractivity contribution in [3.05, 3.63) is 59.7 Å². The minimum atomic E-state index is -0.668. The van der Waals surface area contributed by atoms with Crippen molar-refractivity contribution in [2.75, 3.05) is 6.54 Å². The average Bonchev–Trinajstić information content (AvgIpc) is 2.57. The molecule has 0 unspecified atom stereocenters. The Bertz CT molecular complexity index is 659. The lowest BCUT2D eigenvalue weighted by molar-refractivity contribution is -0.0819. The van der Waals surface area contributed by atoms with E-state index in [1.165, 1.54) is 0 Å². The molecule has 0 bridgehead atoms. The van der Waals surface area contributed by atoms with Gasteiger partial charge < -0.3 is 4.74 Å². The van der Waals surface area contributed by atoms with E-state index in [1.54, 1.807) is 19.1 Å². The maximum atomic E-state index is 12.2. The molecule has 114 valence electrons. The molecule has 0 aromatic heterocycles. The monoisotopic (exact) mass is 299 g/mol. The summed E-state index contributed by atoms with van der Waals surface area (Å²) in [6, 6.07) is 13.3. The lowest BCUT2D eigenvalue weighted by Gasteiger charge is -2.34. The largest absolute Gasteiger partial charge is 0.457 e. The van der Waals surface area contributed by atoms with Crippen molar-refractivity contribution in [2.45, 2.75) is 13.0 Å². The number of rotatable bonds is 2. The van der Waals surface area contributed by atoms with E-state index >= 15 is 0 Å². The molecule has 0 saturated carbocycles. The van der Waals surface area contributed by atoms with Gasteiger partial charge in [0.2, 0.25) is 0 Å². The molecule has 1 heterocycles. The zero-order valence-corrected chi connectivity index (χ0v) is 12.1. The summed E-state index contributed by atoms with van der Waals surface area (Å²) in [6.07, 6.45) is 0. The molecule has 2 aromatic carbocycles. The van der Waals surface area contributed by atoms with E-state index in [4.69, 9.17) is 10.6 Å². The molecule has 2 amide bonds. The Morgan fingerprint density at radius 3 is 2.14 bits per heavy atom. The zero-order chi connectivity index (χ0) is 15.7. The number of amides is 2. The number of hydroxylamine groups is 2. The lowest BCUT2D eigenvalue weighted by atomic mass is 9.94. The summed E-state index contributed by atoms with van der Waals surface area (Å²) in [4.78, 5) is 12.2. The Balaban J connectivity index is 2.08. The molecule has 2 aromatic rings. The Kier molecular flexibility index (Phi) is 3.70. The van der Waals surface area contributed by atoms with Gasteiger partial charge in [0, 0.05) is 17.7 Å². The van der Waals surface area contributed by atoms with Crippen LogP contribution in [0.4, 0.5) is 4.79 Å². The maximum absolute atomic E-state index is 12.2. The van der Waals surface area contributed by atoms with E-state index in [0.717, 1.165) is 5.01 Å². The summed E-state index contributed by atoms with van der Waals surface area (Å²) in [5, 5.41) is 12.1. The molecule has 3 N–H and O–H groups in total. The first-order valence-corrected chi connectivity index (χ1v) is 7.03. The van der Waals surface area contributed by atoms with Crippen LogP contribution in [0.25, 0.3) is 0 Å². The van der Waals surface area contributed by atoms with E-state index in [-0.39, 0.29) is 0 Å². The van der Waals surface area contributed by atoms with Crippen LogP contribution in [-0.2, 0) is 0 Å². The second kappa shape index (κ2) is 5.67. The highest BCUT2D eigenvalue weighted by atomic mass is 16.5. The van der Waals surface area contributed by atoms with Crippen LogP contribution in [-0.4, -0.2) is 27.9 Å². The van der Waals surface area contributed by atoms with Crippen LogP contribution in [0.2, 0.25) is 0 Å². The number of carbonyl (C=O) groups excluding carboxylic acids is 1. The van der Waals surface area contributed by atoms with Crippen molar-refractivity contribution in [1.29, 1.82) is 0 Å². The summed E-state index contributed by atoms with van der Waals surface area (Å²) in [5.41, 5.74) is 1.42. The number of benzene rings is 2. The van der Waals surface area contributed by atoms with Gasteiger partial charge >= 0.3 is 6.03 Å². The molecule has 1 aliphatic heterocycles. The molecule has 0 saturated heterocycles. The normalized spacial score (nSPS) is 12.9. The van der Waals surface area contributed by atoms with Gasteiger partial charge in [-0.3, -0.25) is 10.2 Å². The molecule has 6 nitrogen and oxygen atoms in total. The number of nitrogens with two attached hydrogens (primary N) is 1. The van der Waals surface area contributed by atoms with Crippen LogP contribution in [0, 0.1) is 0 Å². The third-order valence-electron chi connectivity index (χ3n) is 3.67. The zero-order valence-electron chi connectivity index (χ0n) is 12.1. The predicted octanol–water partition coefficient (Wildman–Crippen LogP) is 2.89. The van der Waals surface area contributed by atoms with Gasteiger partial charge in [0.1, 0.15) is 17.5 Å². The number of urea groups is 1. The standard InChI is InChI=1S/C16H17N3O3/c1-2-18(17)16(20)19(21)15-11-7-3-5-9-13(11)22-14-10-6-4-8-12(14)15/h3-10,15,21H,2,17H2,1H3. The summed E-state index contributed by atoms with van der Waals surface area (Å²) >= 11 is 0. The minimum absolute atomic E-state index is 0.294. The maximum Gasteiger partial charge on any atom is 0.358 e. The topological polar surface area (TPSA) is 79.0 Å². The van der Waals surface area contributed by atoms with Crippen LogP contribution in [0.3, 0.4) is 0 Å². The molecule has 0 spiro atoms. The Morgan fingerprint density at radius 1 is 1.14 bits per heavy atom. The molecular formula is C16H17N3O3. The van der Waals surface area contributed by atoms with Crippen molar-refractivity contribution in [3.63, 3.8) is 0 Å². The first-order chi connectivity index (χ1) is 10.6. The van der Waals surface area contributed by atoms with E-state index < -0.39 is 12.1 Å². The summed E-state index contributed by atoms with van der Waals surface area (Å²) < 4.78 is 5.83. The van der Waals surface area contributed by atoms with Crippen molar-refractivity contribution in [2.24, 2.45) is 5.84 Å². The quantitative estimate of drug-likeness (QED) is 0.387. The van der Waals surface area contributed by atoms with Gasteiger partial charge in [0.25, 0.3) is 0 Å². The number of carbonyl (C=O) groups is 1. The summed E-state index contributed by atoms with van der Waals surface area (Å²) in [5.74, 6) is 6.83. The highest BCUT2D eigenvalue weighted by Gasteiger charge is 2.34. The van der Waals surface area contributed by atoms with Crippen LogP contribution >= 0.6 is 0 Å². The van der Waals surface area contributed by atoms with Crippen molar-refractivity contribution in [3.8, 4) is 11.5 Å². The smallest absolute Gasteiger partial charge is 0.358 e. The molecule has 0 atom stereocenters. The number of hydrogen-bond donors (Lipinski definition) is 2. The molecule has 1 aliphatic rings. The summed E-state index contributed by atoms with van der Waals surface area (Å²) in [7, 11) is 0. The Labute approximate surface area is 128 Å². The molecule has 0 aliphatic carbocycles. The number of hydrogen-bond acceptors (Lipinski definition) is 4. The van der Waals surface area contributed by atoms with E-state index in [1.807, 2.05) is 36.4 Å². The van der Waals surface area contributed by atoms with Crippen molar-refractivity contribution >= 4 is 6.03 Å². The second-order valence-electron chi connectivity index (χ2n) is 4.99. The fourth-order valence-electron chi connectivity index (χ4n) is 2.53. The second-order valence-corrected chi connectivity index (χ2v) is 4.99. The van der Waals surface area contributed by atoms with Gasteiger partial charge in [-0.2, -0.15) is 5.06 Å². The van der Waals surface area contributed by atoms with Crippen LogP contribution in [0.1, 0.15) is 24.1 Å². The molecular weight excluding hydrogens is 282 g/mol. The van der Waals surface area contributed by atoms with Gasteiger partial charge in [-0.1, -0.05) is 36.4 Å². The molecule has 0 radical (unpaired) electrons. The fraction of sp³-hybridized carbons (Fsp3) is 0.188. The predicted molar refractivity (Wildman–Crippen MR) is 80.4 cm³/mol. The molecule has 6 heteroatoms. The fourth-order valence-corrected chi connectivity index (χ4v) is 2.53. The van der Waals surface area contributed by atoms with Gasteiger partial charge in [-0.25, -0.2) is 10.6 Å². The molecule has 22 heavy (non-hydrogen) atoms. The highest BCUT2D eigenvalue weighted by molar-refractivity contribution is 5.74. The Hall–Kier alpha value is -2.57. The molecule has 0 fully saturated rings. The van der Waals surface area contributed by atoms with E-state index in [0.29, 0.717) is 34.2 Å². The number of ether oxygens (including phenoxy) is 1. The number of nitrogens with zero attached hydrogens (tertiary/aromatic N) is 2. The van der Waals surface area contributed by atoms with Gasteiger partial charge in [0.15, 0.2) is 0 Å². The van der Waals surface area contributed by atoms with Crippen molar-refractivity contribution < 1.29 is 14.7 Å². The average molecular weight is 299 g/mol. The van der Waals surface area contributed by atoms with E-state index in [9.17, 15) is 10.0 Å². The van der Waals surface area contributed by atoms with Crippen LogP contribution in [0.5, 0.6) is 11.5 Å². The first kappa shape index (κ1) is 14.4. The minimum Gasteiger partial charge on any atom is -0.457 e. The van der Waals surface area contributed by atoms with Crippen LogP contribution < -0.4 is 10.6 Å². The van der Waals surface area contributed by atoms with Gasteiger partial charge in [0.05, 0.1) is 0 Å². The first-order valence-electron chi connectivity index (χ1n) is 7.03. The van der Waals surface area contributed by atoms with Crippen molar-refractivity contribution in [1.82, 2.24) is 10.1 Å². The number of para-hydroxylation sites is 2. The lowest BCUT2D eigenvalue weighted by Crippen LogP contribution is -2.47. The number of hydrazine groups is 1. The Morgan fingerprint density at radius 2 is 1.64 bits per heavy atom. The molecule has 3 rings (SSSR count). The van der Waals surface area contributed by atoms with Gasteiger partial charge in [-0.05, 0) is 19.1 Å². The highest BCUT2D eigenvalue weighted by Crippen LogP contribution is 2.45. The number of fused-ring (bicyclic) bond motifs is 2. The van der Waals surface area contributed by atoms with E-state index in [2.05, 4.69) is 0 Å². The van der Waals surface area contributed by atoms with Gasteiger partial charge in [-0.15, -0.1) is 0 Å². The third-order valence-corrected chi connectivity index (χ3v) is 3.67. The van der Waals surface area contributed by atoms with Crippen LogP contribution in [0.15, 0.2) is 48.5 Å². The SMILES string of the molecule is CCN(N)C(=O)N(O)C1c2ccccc2Oc2ccccc21. The summed E-state index contributed by atoms with van der Waals surface area (Å²) in [6.45, 7) is 2.03.